The molecule has 2 fully saturated rings. The Morgan fingerprint density at radius 1 is 1.17 bits per heavy atom. The van der Waals surface area contributed by atoms with Crippen LogP contribution in [0, 0.1) is 17.2 Å². The molecule has 1 aliphatic carbocycles. The normalized spacial score (nSPS) is 20.0. The van der Waals surface area contributed by atoms with E-state index in [0.717, 1.165) is 25.7 Å². The van der Waals surface area contributed by atoms with Crippen LogP contribution in [0.5, 0.6) is 0 Å². The van der Waals surface area contributed by atoms with Gasteiger partial charge in [0.15, 0.2) is 0 Å². The number of rotatable bonds is 6. The second-order valence-corrected chi connectivity index (χ2v) is 9.99. The fourth-order valence-electron chi connectivity index (χ4n) is 4.17. The Kier molecular flexibility index (Phi) is 6.93. The van der Waals surface area contributed by atoms with Crippen LogP contribution in [0.1, 0.15) is 49.9 Å². The third-order valence-corrected chi connectivity index (χ3v) is 7.35. The number of amides is 1. The van der Waals surface area contributed by atoms with E-state index < -0.39 is 10.0 Å². The van der Waals surface area contributed by atoms with Crippen molar-refractivity contribution in [3.8, 4) is 6.07 Å². The number of carbonyl (C=O) groups excluding carboxylic acids is 1. The molecule has 1 saturated heterocycles. The monoisotopic (exact) mass is 418 g/mol. The standard InChI is InChI=1S/C21H30N4O3S/c1-16(2)20(15-22)24-10-12-25(13-11-24)21(26)17-6-5-9-19(14-17)29(27,28)23-18-7-3-4-8-18/h5-6,9,14,16,18,20,23H,3-4,7-8,10-13H2,1-2H3. The van der Waals surface area contributed by atoms with Crippen molar-refractivity contribution in [1.29, 1.82) is 5.26 Å². The average molecular weight is 419 g/mol. The van der Waals surface area contributed by atoms with Gasteiger partial charge < -0.3 is 4.90 Å². The molecule has 1 heterocycles. The van der Waals surface area contributed by atoms with Gasteiger partial charge in [-0.1, -0.05) is 32.8 Å². The van der Waals surface area contributed by atoms with Crippen LogP contribution < -0.4 is 4.72 Å². The SMILES string of the molecule is CC(C)C(C#N)N1CCN(C(=O)c2cccc(S(=O)(=O)NC3CCCC3)c2)CC1. The van der Waals surface area contributed by atoms with Crippen molar-refractivity contribution >= 4 is 15.9 Å². The van der Waals surface area contributed by atoms with E-state index in [2.05, 4.69) is 15.7 Å². The Morgan fingerprint density at radius 2 is 1.83 bits per heavy atom. The Balaban J connectivity index is 1.66. The first-order valence-corrected chi connectivity index (χ1v) is 11.9. The largest absolute Gasteiger partial charge is 0.336 e. The highest BCUT2D eigenvalue weighted by molar-refractivity contribution is 7.89. The first-order valence-electron chi connectivity index (χ1n) is 10.4. The molecule has 2 aliphatic rings. The lowest BCUT2D eigenvalue weighted by Crippen LogP contribution is -2.52. The molecule has 0 radical (unpaired) electrons. The van der Waals surface area contributed by atoms with Gasteiger partial charge >= 0.3 is 0 Å². The molecule has 0 bridgehead atoms. The van der Waals surface area contributed by atoms with Crippen molar-refractivity contribution in [2.45, 2.75) is 56.5 Å². The summed E-state index contributed by atoms with van der Waals surface area (Å²) in [5.74, 6) is 0.0668. The van der Waals surface area contributed by atoms with Gasteiger partial charge in [-0.15, -0.1) is 0 Å². The summed E-state index contributed by atoms with van der Waals surface area (Å²) in [7, 11) is -3.63. The fourth-order valence-corrected chi connectivity index (χ4v) is 5.52. The zero-order valence-electron chi connectivity index (χ0n) is 17.2. The number of piperazine rings is 1. The minimum atomic E-state index is -3.63. The summed E-state index contributed by atoms with van der Waals surface area (Å²) in [6.45, 7) is 6.39. The van der Waals surface area contributed by atoms with Crippen LogP contribution in [0.2, 0.25) is 0 Å². The zero-order valence-corrected chi connectivity index (χ0v) is 18.0. The molecular formula is C21H30N4O3S. The van der Waals surface area contributed by atoms with Crippen LogP contribution in [0.15, 0.2) is 29.2 Å². The molecule has 0 aromatic heterocycles. The molecule has 1 aliphatic heterocycles. The topological polar surface area (TPSA) is 93.5 Å². The highest BCUT2D eigenvalue weighted by Crippen LogP contribution is 2.21. The molecule has 7 nitrogen and oxygen atoms in total. The van der Waals surface area contributed by atoms with Gasteiger partial charge in [-0.3, -0.25) is 9.69 Å². The van der Waals surface area contributed by atoms with Gasteiger partial charge in [0.05, 0.1) is 11.0 Å². The number of carbonyl (C=O) groups is 1. The second kappa shape index (κ2) is 9.24. The van der Waals surface area contributed by atoms with Crippen LogP contribution in [-0.4, -0.2) is 62.4 Å². The first-order chi connectivity index (χ1) is 13.8. The van der Waals surface area contributed by atoms with Crippen molar-refractivity contribution in [2.24, 2.45) is 5.92 Å². The summed E-state index contributed by atoms with van der Waals surface area (Å²) in [6.07, 6.45) is 3.81. The van der Waals surface area contributed by atoms with E-state index in [9.17, 15) is 18.5 Å². The lowest BCUT2D eigenvalue weighted by Gasteiger charge is -2.38. The minimum Gasteiger partial charge on any atom is -0.336 e. The number of nitrogens with one attached hydrogen (secondary N) is 1. The molecular weight excluding hydrogens is 388 g/mol. The average Bonchev–Trinajstić information content (AvgIpc) is 3.21. The molecule has 1 N–H and O–H groups in total. The van der Waals surface area contributed by atoms with E-state index in [1.54, 1.807) is 17.0 Å². The maximum atomic E-state index is 12.9. The quantitative estimate of drug-likeness (QED) is 0.764. The van der Waals surface area contributed by atoms with Gasteiger partial charge in [-0.25, -0.2) is 13.1 Å². The summed E-state index contributed by atoms with van der Waals surface area (Å²) < 4.78 is 28.1. The molecule has 1 aromatic rings. The third-order valence-electron chi connectivity index (χ3n) is 5.83. The van der Waals surface area contributed by atoms with Crippen molar-refractivity contribution in [3.05, 3.63) is 29.8 Å². The predicted molar refractivity (Wildman–Crippen MR) is 111 cm³/mol. The Hall–Kier alpha value is -1.95. The molecule has 1 atom stereocenters. The van der Waals surface area contributed by atoms with Crippen LogP contribution in [0.4, 0.5) is 0 Å². The van der Waals surface area contributed by atoms with Crippen LogP contribution >= 0.6 is 0 Å². The number of hydrogen-bond donors (Lipinski definition) is 1. The van der Waals surface area contributed by atoms with Gasteiger partial charge in [0.25, 0.3) is 5.91 Å². The van der Waals surface area contributed by atoms with Gasteiger partial charge in [0.1, 0.15) is 6.04 Å². The molecule has 1 aromatic carbocycles. The minimum absolute atomic E-state index is 0.0125. The summed E-state index contributed by atoms with van der Waals surface area (Å²) in [5, 5.41) is 9.38. The fraction of sp³-hybridized carbons (Fsp3) is 0.619. The molecule has 1 amide bonds. The molecule has 29 heavy (non-hydrogen) atoms. The van der Waals surface area contributed by atoms with E-state index in [0.29, 0.717) is 31.7 Å². The number of sulfonamides is 1. The lowest BCUT2D eigenvalue weighted by atomic mass is 10.0. The van der Waals surface area contributed by atoms with E-state index in [-0.39, 0.29) is 28.8 Å². The third kappa shape index (κ3) is 5.16. The molecule has 3 rings (SSSR count). The Bertz CT molecular complexity index is 864. The van der Waals surface area contributed by atoms with Gasteiger partial charge in [0.2, 0.25) is 10.0 Å². The van der Waals surface area contributed by atoms with Crippen molar-refractivity contribution < 1.29 is 13.2 Å². The van der Waals surface area contributed by atoms with Gasteiger partial charge in [-0.2, -0.15) is 5.26 Å². The number of benzene rings is 1. The lowest BCUT2D eigenvalue weighted by molar-refractivity contribution is 0.0576. The van der Waals surface area contributed by atoms with E-state index >= 15 is 0 Å². The van der Waals surface area contributed by atoms with Crippen molar-refractivity contribution in [3.63, 3.8) is 0 Å². The van der Waals surface area contributed by atoms with Gasteiger partial charge in [0, 0.05) is 37.8 Å². The highest BCUT2D eigenvalue weighted by atomic mass is 32.2. The molecule has 0 spiro atoms. The van der Waals surface area contributed by atoms with Crippen LogP contribution in [0.3, 0.4) is 0 Å². The van der Waals surface area contributed by atoms with E-state index in [4.69, 9.17) is 0 Å². The molecule has 1 unspecified atom stereocenters. The zero-order chi connectivity index (χ0) is 21.0. The predicted octanol–water partition coefficient (Wildman–Crippen LogP) is 2.21. The summed E-state index contributed by atoms with van der Waals surface area (Å²) >= 11 is 0. The highest BCUT2D eigenvalue weighted by Gasteiger charge is 2.29. The number of nitrogens with zero attached hydrogens (tertiary/aromatic N) is 3. The number of hydrogen-bond acceptors (Lipinski definition) is 5. The maximum Gasteiger partial charge on any atom is 0.253 e. The first kappa shape index (κ1) is 21.8. The Labute approximate surface area is 173 Å². The summed E-state index contributed by atoms with van der Waals surface area (Å²) in [4.78, 5) is 16.9. The van der Waals surface area contributed by atoms with Crippen molar-refractivity contribution in [1.82, 2.24) is 14.5 Å². The number of nitriles is 1. The van der Waals surface area contributed by atoms with E-state index in [1.807, 2.05) is 13.8 Å². The van der Waals surface area contributed by atoms with E-state index in [1.165, 1.54) is 12.1 Å². The molecule has 158 valence electrons. The maximum absolute atomic E-state index is 12.9. The summed E-state index contributed by atoms with van der Waals surface area (Å²) in [6, 6.07) is 8.47. The Morgan fingerprint density at radius 3 is 2.41 bits per heavy atom. The second-order valence-electron chi connectivity index (χ2n) is 8.28. The molecule has 8 heteroatoms. The van der Waals surface area contributed by atoms with Crippen LogP contribution in [0.25, 0.3) is 0 Å². The smallest absolute Gasteiger partial charge is 0.253 e. The van der Waals surface area contributed by atoms with Crippen molar-refractivity contribution in [2.75, 3.05) is 26.2 Å². The van der Waals surface area contributed by atoms with Gasteiger partial charge in [-0.05, 0) is 37.0 Å². The van der Waals surface area contributed by atoms with Crippen LogP contribution in [-0.2, 0) is 10.0 Å². The summed E-state index contributed by atoms with van der Waals surface area (Å²) in [5.41, 5.74) is 0.383. The molecule has 1 saturated carbocycles.